The quantitative estimate of drug-likeness (QED) is 0.850. The molecule has 1 aliphatic carbocycles. The molecule has 2 aromatic rings. The molecule has 0 aliphatic heterocycles. The van der Waals surface area contributed by atoms with E-state index in [1.165, 1.54) is 30.8 Å². The molecule has 2 N–H and O–H groups in total. The molecule has 0 bridgehead atoms. The van der Waals surface area contributed by atoms with Gasteiger partial charge >= 0.3 is 0 Å². The molecule has 1 heterocycles. The molecule has 102 valence electrons. The Morgan fingerprint density at radius 3 is 3.16 bits per heavy atom. The van der Waals surface area contributed by atoms with Crippen LogP contribution in [0.3, 0.4) is 0 Å². The zero-order chi connectivity index (χ0) is 13.1. The van der Waals surface area contributed by atoms with Gasteiger partial charge in [-0.2, -0.15) is 4.37 Å². The van der Waals surface area contributed by atoms with Crippen molar-refractivity contribution in [2.75, 3.05) is 13.2 Å². The van der Waals surface area contributed by atoms with E-state index in [0.717, 1.165) is 15.8 Å². The van der Waals surface area contributed by atoms with Crippen molar-refractivity contribution < 1.29 is 9.84 Å². The number of nitrogens with zero attached hydrogens (tertiary/aromatic N) is 1. The lowest BCUT2D eigenvalue weighted by Crippen LogP contribution is -2.41. The molecular weight excluding hydrogens is 260 g/mol. The molecular formula is C14H18N2O2S. The van der Waals surface area contributed by atoms with Crippen molar-refractivity contribution in [1.82, 2.24) is 9.69 Å². The van der Waals surface area contributed by atoms with Crippen LogP contribution in [0.1, 0.15) is 19.3 Å². The molecule has 0 saturated heterocycles. The molecule has 0 amide bonds. The van der Waals surface area contributed by atoms with Crippen molar-refractivity contribution in [2.45, 2.75) is 31.4 Å². The first-order chi connectivity index (χ1) is 9.33. The summed E-state index contributed by atoms with van der Waals surface area (Å²) in [6.45, 7) is 0.914. The minimum atomic E-state index is -0.470. The Kier molecular flexibility index (Phi) is 3.96. The average Bonchev–Trinajstić information content (AvgIpc) is 2.83. The maximum Gasteiger partial charge on any atom is 0.129 e. The predicted octanol–water partition coefficient (Wildman–Crippen LogP) is 2.18. The summed E-state index contributed by atoms with van der Waals surface area (Å²) in [5, 5.41) is 14.3. The van der Waals surface area contributed by atoms with Crippen LogP contribution < -0.4 is 10.1 Å². The third-order valence-corrected chi connectivity index (χ3v) is 4.30. The fourth-order valence-corrected chi connectivity index (χ4v) is 2.82. The van der Waals surface area contributed by atoms with Gasteiger partial charge in [-0.3, -0.25) is 0 Å². The van der Waals surface area contributed by atoms with Crippen molar-refractivity contribution in [3.05, 3.63) is 24.4 Å². The largest absolute Gasteiger partial charge is 0.490 e. The Labute approximate surface area is 116 Å². The highest BCUT2D eigenvalue weighted by atomic mass is 32.1. The summed E-state index contributed by atoms with van der Waals surface area (Å²) in [4.78, 5) is 0. The molecule has 1 aliphatic rings. The normalized spacial score (nSPS) is 17.3. The Balaban J connectivity index is 1.51. The maximum atomic E-state index is 9.90. The first kappa shape index (κ1) is 12.8. The lowest BCUT2D eigenvalue weighted by Gasteiger charge is -2.27. The summed E-state index contributed by atoms with van der Waals surface area (Å²) < 4.78 is 11.0. The third kappa shape index (κ3) is 3.05. The number of hydrogen-bond donors (Lipinski definition) is 2. The summed E-state index contributed by atoms with van der Waals surface area (Å²) in [5.74, 6) is 0.800. The smallest absolute Gasteiger partial charge is 0.129 e. The van der Waals surface area contributed by atoms with Crippen LogP contribution in [0.15, 0.2) is 24.4 Å². The summed E-state index contributed by atoms with van der Waals surface area (Å²) >= 11 is 1.46. The van der Waals surface area contributed by atoms with Gasteiger partial charge in [0.05, 0.1) is 16.3 Å². The van der Waals surface area contributed by atoms with E-state index in [1.807, 2.05) is 24.4 Å². The van der Waals surface area contributed by atoms with Crippen molar-refractivity contribution in [1.29, 1.82) is 0 Å². The first-order valence-electron chi connectivity index (χ1n) is 6.70. The number of aromatic nitrogens is 1. The minimum absolute atomic E-state index is 0.314. The van der Waals surface area contributed by atoms with Gasteiger partial charge in [0.1, 0.15) is 18.5 Å². The lowest BCUT2D eigenvalue weighted by molar-refractivity contribution is 0.100. The highest BCUT2D eigenvalue weighted by Crippen LogP contribution is 2.27. The Hall–Kier alpha value is -1.17. The SMILES string of the molecule is OC(CNC1CCC1)COc1cccc2sncc12. The second-order valence-corrected chi connectivity index (χ2v) is 5.83. The number of rotatable bonds is 6. The summed E-state index contributed by atoms with van der Waals surface area (Å²) in [6, 6.07) is 6.49. The Morgan fingerprint density at radius 2 is 2.37 bits per heavy atom. The number of ether oxygens (including phenoxy) is 1. The van der Waals surface area contributed by atoms with Gasteiger partial charge in [-0.25, -0.2) is 0 Å². The molecule has 0 radical (unpaired) electrons. The fourth-order valence-electron chi connectivity index (χ4n) is 2.15. The molecule has 0 spiro atoms. The minimum Gasteiger partial charge on any atom is -0.490 e. The number of benzene rings is 1. The van der Waals surface area contributed by atoms with E-state index in [4.69, 9.17) is 4.74 Å². The van der Waals surface area contributed by atoms with Gasteiger partial charge in [-0.15, -0.1) is 0 Å². The zero-order valence-electron chi connectivity index (χ0n) is 10.7. The van der Waals surface area contributed by atoms with Gasteiger partial charge in [-0.05, 0) is 36.5 Å². The maximum absolute atomic E-state index is 9.90. The fraction of sp³-hybridized carbons (Fsp3) is 0.500. The molecule has 5 heteroatoms. The molecule has 1 aromatic carbocycles. The van der Waals surface area contributed by atoms with Gasteiger partial charge in [-0.1, -0.05) is 12.5 Å². The molecule has 4 nitrogen and oxygen atoms in total. The predicted molar refractivity (Wildman–Crippen MR) is 76.8 cm³/mol. The van der Waals surface area contributed by atoms with Gasteiger partial charge in [0.15, 0.2) is 0 Å². The van der Waals surface area contributed by atoms with Crippen LogP contribution >= 0.6 is 11.5 Å². The summed E-state index contributed by atoms with van der Waals surface area (Å²) in [5.41, 5.74) is 0. The van der Waals surface area contributed by atoms with Crippen LogP contribution in [0.5, 0.6) is 5.75 Å². The van der Waals surface area contributed by atoms with Crippen molar-refractivity contribution in [3.8, 4) is 5.75 Å². The zero-order valence-corrected chi connectivity index (χ0v) is 11.5. The average molecular weight is 278 g/mol. The number of nitrogens with one attached hydrogen (secondary N) is 1. The Bertz CT molecular complexity index is 539. The standard InChI is InChI=1S/C14H18N2O2S/c17-11(7-15-10-3-1-4-10)9-18-13-5-2-6-14-12(13)8-16-19-14/h2,5-6,8,10-11,15,17H,1,3-4,7,9H2. The monoisotopic (exact) mass is 278 g/mol. The second-order valence-electron chi connectivity index (χ2n) is 4.99. The van der Waals surface area contributed by atoms with E-state index in [1.54, 1.807) is 0 Å². The highest BCUT2D eigenvalue weighted by molar-refractivity contribution is 7.13. The topological polar surface area (TPSA) is 54.4 Å². The highest BCUT2D eigenvalue weighted by Gasteiger charge is 2.18. The van der Waals surface area contributed by atoms with E-state index >= 15 is 0 Å². The molecule has 1 fully saturated rings. The van der Waals surface area contributed by atoms with E-state index in [0.29, 0.717) is 19.2 Å². The van der Waals surface area contributed by atoms with E-state index < -0.39 is 6.10 Å². The molecule has 3 rings (SSSR count). The molecule has 1 atom stereocenters. The molecule has 19 heavy (non-hydrogen) atoms. The Morgan fingerprint density at radius 1 is 1.47 bits per heavy atom. The third-order valence-electron chi connectivity index (χ3n) is 3.54. The molecule has 1 saturated carbocycles. The number of aliphatic hydroxyl groups excluding tert-OH is 1. The second kappa shape index (κ2) is 5.86. The van der Waals surface area contributed by atoms with Crippen LogP contribution in [-0.2, 0) is 0 Å². The van der Waals surface area contributed by atoms with Crippen LogP contribution in [0.4, 0.5) is 0 Å². The van der Waals surface area contributed by atoms with Crippen LogP contribution in [0.25, 0.3) is 10.1 Å². The van der Waals surface area contributed by atoms with E-state index in [2.05, 4.69) is 9.69 Å². The summed E-state index contributed by atoms with van der Waals surface area (Å²) in [7, 11) is 0. The van der Waals surface area contributed by atoms with Crippen LogP contribution in [0, 0.1) is 0 Å². The number of fused-ring (bicyclic) bond motifs is 1. The van der Waals surface area contributed by atoms with Crippen LogP contribution in [-0.4, -0.2) is 34.8 Å². The van der Waals surface area contributed by atoms with Crippen molar-refractivity contribution in [3.63, 3.8) is 0 Å². The van der Waals surface area contributed by atoms with E-state index in [-0.39, 0.29) is 0 Å². The van der Waals surface area contributed by atoms with Crippen molar-refractivity contribution in [2.24, 2.45) is 0 Å². The van der Waals surface area contributed by atoms with Gasteiger partial charge in [0.25, 0.3) is 0 Å². The van der Waals surface area contributed by atoms with E-state index in [9.17, 15) is 5.11 Å². The van der Waals surface area contributed by atoms with Gasteiger partial charge in [0, 0.05) is 12.6 Å². The van der Waals surface area contributed by atoms with Gasteiger partial charge < -0.3 is 15.2 Å². The lowest BCUT2D eigenvalue weighted by atomic mass is 9.93. The van der Waals surface area contributed by atoms with Crippen LogP contribution in [0.2, 0.25) is 0 Å². The number of hydrogen-bond acceptors (Lipinski definition) is 5. The van der Waals surface area contributed by atoms with Crippen molar-refractivity contribution >= 4 is 21.6 Å². The van der Waals surface area contributed by atoms with Gasteiger partial charge in [0.2, 0.25) is 0 Å². The number of aliphatic hydroxyl groups is 1. The molecule has 1 aromatic heterocycles. The molecule has 1 unspecified atom stereocenters. The first-order valence-corrected chi connectivity index (χ1v) is 7.48. The summed E-state index contributed by atoms with van der Waals surface area (Å²) in [6.07, 6.45) is 5.11.